The predicted octanol–water partition coefficient (Wildman–Crippen LogP) is 4.31. The van der Waals surface area contributed by atoms with Crippen LogP contribution in [0.3, 0.4) is 0 Å². The van der Waals surface area contributed by atoms with Gasteiger partial charge in [-0.25, -0.2) is 4.79 Å². The maximum atomic E-state index is 13.1. The van der Waals surface area contributed by atoms with Crippen molar-refractivity contribution in [2.75, 3.05) is 19.0 Å². The summed E-state index contributed by atoms with van der Waals surface area (Å²) in [5, 5.41) is 8.79. The van der Waals surface area contributed by atoms with E-state index in [1.54, 1.807) is 13.0 Å². The summed E-state index contributed by atoms with van der Waals surface area (Å²) in [4.78, 5) is 25.8. The van der Waals surface area contributed by atoms with Gasteiger partial charge in [-0.3, -0.25) is 4.79 Å². The molecule has 4 heteroatoms. The summed E-state index contributed by atoms with van der Waals surface area (Å²) in [7, 11) is 3.90. The lowest BCUT2D eigenvalue weighted by atomic mass is 9.89. The normalized spacial score (nSPS) is 12.8. The Morgan fingerprint density at radius 1 is 0.962 bits per heavy atom. The van der Waals surface area contributed by atoms with Crippen molar-refractivity contribution in [2.24, 2.45) is 0 Å². The van der Waals surface area contributed by atoms with Crippen LogP contribution in [0.5, 0.6) is 0 Å². The standard InChI is InChI=1S/C22H23NO3/c1-16(9-14-21(24)25)15-20(17-7-5-4-6-8-17)22(26)18-10-12-19(13-11-18)23(2)3/h4-15,20H,1-3H3,(H,24,25)/b14-9+,16-15+. The zero-order chi connectivity index (χ0) is 19.1. The largest absolute Gasteiger partial charge is 0.478 e. The van der Waals surface area contributed by atoms with Crippen LogP contribution in [0.15, 0.2) is 78.4 Å². The van der Waals surface area contributed by atoms with Crippen molar-refractivity contribution < 1.29 is 14.7 Å². The minimum atomic E-state index is -1.01. The van der Waals surface area contributed by atoms with Crippen LogP contribution in [0, 0.1) is 0 Å². The van der Waals surface area contributed by atoms with Gasteiger partial charge in [0, 0.05) is 31.4 Å². The van der Waals surface area contributed by atoms with Crippen LogP contribution in [0.2, 0.25) is 0 Å². The Balaban J connectivity index is 2.38. The van der Waals surface area contributed by atoms with Gasteiger partial charge in [0.05, 0.1) is 5.92 Å². The van der Waals surface area contributed by atoms with Crippen molar-refractivity contribution in [2.45, 2.75) is 12.8 Å². The fraction of sp³-hybridized carbons (Fsp3) is 0.182. The van der Waals surface area contributed by atoms with E-state index < -0.39 is 11.9 Å². The number of carbonyl (C=O) groups is 2. The number of hydrogen-bond acceptors (Lipinski definition) is 3. The van der Waals surface area contributed by atoms with E-state index in [2.05, 4.69) is 0 Å². The second kappa shape index (κ2) is 8.81. The maximum absolute atomic E-state index is 13.1. The van der Waals surface area contributed by atoms with Crippen molar-refractivity contribution in [1.82, 2.24) is 0 Å². The van der Waals surface area contributed by atoms with Crippen LogP contribution in [-0.2, 0) is 4.79 Å². The molecule has 2 rings (SSSR count). The number of benzene rings is 2. The van der Waals surface area contributed by atoms with Crippen molar-refractivity contribution in [3.63, 3.8) is 0 Å². The summed E-state index contributed by atoms with van der Waals surface area (Å²) in [5.74, 6) is -1.51. The second-order valence-corrected chi connectivity index (χ2v) is 6.28. The number of hydrogen-bond donors (Lipinski definition) is 1. The van der Waals surface area contributed by atoms with Gasteiger partial charge in [0.1, 0.15) is 0 Å². The molecule has 2 aromatic carbocycles. The van der Waals surface area contributed by atoms with E-state index in [1.807, 2.05) is 73.6 Å². The van der Waals surface area contributed by atoms with E-state index in [0.717, 1.165) is 22.9 Å². The van der Waals surface area contributed by atoms with Crippen LogP contribution < -0.4 is 4.90 Å². The van der Waals surface area contributed by atoms with Crippen molar-refractivity contribution in [3.8, 4) is 0 Å². The number of carboxylic acid groups (broad SMARTS) is 1. The number of anilines is 1. The van der Waals surface area contributed by atoms with Gasteiger partial charge < -0.3 is 10.0 Å². The van der Waals surface area contributed by atoms with Crippen molar-refractivity contribution >= 4 is 17.4 Å². The first-order valence-corrected chi connectivity index (χ1v) is 8.34. The van der Waals surface area contributed by atoms with Crippen LogP contribution >= 0.6 is 0 Å². The fourth-order valence-electron chi connectivity index (χ4n) is 2.61. The first-order chi connectivity index (χ1) is 12.4. The summed E-state index contributed by atoms with van der Waals surface area (Å²) < 4.78 is 0. The van der Waals surface area contributed by atoms with E-state index in [4.69, 9.17) is 5.11 Å². The second-order valence-electron chi connectivity index (χ2n) is 6.28. The van der Waals surface area contributed by atoms with E-state index in [9.17, 15) is 9.59 Å². The van der Waals surface area contributed by atoms with E-state index in [0.29, 0.717) is 5.56 Å². The van der Waals surface area contributed by atoms with Gasteiger partial charge in [-0.2, -0.15) is 0 Å². The van der Waals surface area contributed by atoms with Gasteiger partial charge in [0.2, 0.25) is 0 Å². The first-order valence-electron chi connectivity index (χ1n) is 8.34. The Morgan fingerprint density at radius 3 is 2.12 bits per heavy atom. The number of rotatable bonds is 7. The highest BCUT2D eigenvalue weighted by molar-refractivity contribution is 6.02. The quantitative estimate of drug-likeness (QED) is 0.460. The number of carbonyl (C=O) groups excluding carboxylic acids is 1. The molecule has 134 valence electrons. The number of Topliss-reactive ketones (excluding diaryl/α,β-unsaturated/α-hetero) is 1. The lowest BCUT2D eigenvalue weighted by molar-refractivity contribution is -0.131. The third kappa shape index (κ3) is 5.18. The van der Waals surface area contributed by atoms with E-state index in [1.165, 1.54) is 6.08 Å². The van der Waals surface area contributed by atoms with Crippen molar-refractivity contribution in [1.29, 1.82) is 0 Å². The lowest BCUT2D eigenvalue weighted by Crippen LogP contribution is -2.13. The zero-order valence-electron chi connectivity index (χ0n) is 15.2. The highest BCUT2D eigenvalue weighted by Gasteiger charge is 2.20. The van der Waals surface area contributed by atoms with E-state index >= 15 is 0 Å². The topological polar surface area (TPSA) is 57.6 Å². The Labute approximate surface area is 154 Å². The molecule has 0 aliphatic heterocycles. The molecule has 0 spiro atoms. The van der Waals surface area contributed by atoms with Gasteiger partial charge in [-0.05, 0) is 36.8 Å². The minimum absolute atomic E-state index is 0.0235. The van der Waals surface area contributed by atoms with Crippen LogP contribution in [-0.4, -0.2) is 31.0 Å². The molecule has 1 atom stereocenters. The Kier molecular flexibility index (Phi) is 6.50. The predicted molar refractivity (Wildman–Crippen MR) is 105 cm³/mol. The molecule has 0 heterocycles. The molecular weight excluding hydrogens is 326 g/mol. The van der Waals surface area contributed by atoms with Crippen molar-refractivity contribution in [3.05, 3.63) is 89.5 Å². The lowest BCUT2D eigenvalue weighted by Gasteiger charge is -2.16. The first kappa shape index (κ1) is 19.2. The van der Waals surface area contributed by atoms with Crippen LogP contribution in [0.4, 0.5) is 5.69 Å². The SMILES string of the molecule is CC(/C=C/C(=O)O)=C\C(C(=O)c1ccc(N(C)C)cc1)c1ccccc1. The molecule has 0 amide bonds. The molecule has 1 N–H and O–H groups in total. The van der Waals surface area contributed by atoms with Gasteiger partial charge in [0.15, 0.2) is 5.78 Å². The summed E-state index contributed by atoms with van der Waals surface area (Å²) in [5.41, 5.74) is 3.24. The monoisotopic (exact) mass is 349 g/mol. The Morgan fingerprint density at radius 2 is 1.58 bits per heavy atom. The molecule has 0 radical (unpaired) electrons. The average molecular weight is 349 g/mol. The molecule has 1 unspecified atom stereocenters. The van der Waals surface area contributed by atoms with Crippen LogP contribution in [0.25, 0.3) is 0 Å². The number of aliphatic carboxylic acids is 1. The molecule has 26 heavy (non-hydrogen) atoms. The number of nitrogens with zero attached hydrogens (tertiary/aromatic N) is 1. The Hall–Kier alpha value is -3.14. The molecule has 0 aliphatic rings. The molecule has 0 fully saturated rings. The third-order valence-electron chi connectivity index (χ3n) is 4.03. The summed E-state index contributed by atoms with van der Waals surface area (Å²) in [6.45, 7) is 1.79. The van der Waals surface area contributed by atoms with Crippen LogP contribution in [0.1, 0.15) is 28.8 Å². The van der Waals surface area contributed by atoms with Gasteiger partial charge >= 0.3 is 5.97 Å². The maximum Gasteiger partial charge on any atom is 0.328 e. The minimum Gasteiger partial charge on any atom is -0.478 e. The zero-order valence-corrected chi connectivity index (χ0v) is 15.2. The molecular formula is C22H23NO3. The third-order valence-corrected chi connectivity index (χ3v) is 4.03. The highest BCUT2D eigenvalue weighted by Crippen LogP contribution is 2.25. The summed E-state index contributed by atoms with van der Waals surface area (Å²) in [6.07, 6.45) is 4.38. The molecule has 0 saturated heterocycles. The van der Waals surface area contributed by atoms with E-state index in [-0.39, 0.29) is 5.78 Å². The summed E-state index contributed by atoms with van der Waals surface area (Å²) in [6, 6.07) is 17.0. The molecule has 2 aromatic rings. The number of allylic oxidation sites excluding steroid dienone is 3. The number of carboxylic acids is 1. The highest BCUT2D eigenvalue weighted by atomic mass is 16.4. The molecule has 0 bridgehead atoms. The van der Waals surface area contributed by atoms with Gasteiger partial charge in [-0.15, -0.1) is 0 Å². The molecule has 0 aliphatic carbocycles. The average Bonchev–Trinajstić information content (AvgIpc) is 2.64. The Bertz CT molecular complexity index is 818. The smallest absolute Gasteiger partial charge is 0.328 e. The number of ketones is 1. The molecule has 4 nitrogen and oxygen atoms in total. The fourth-order valence-corrected chi connectivity index (χ4v) is 2.61. The van der Waals surface area contributed by atoms with Gasteiger partial charge in [0.25, 0.3) is 0 Å². The summed E-state index contributed by atoms with van der Waals surface area (Å²) >= 11 is 0. The molecule has 0 saturated carbocycles. The molecule has 0 aromatic heterocycles. The van der Waals surface area contributed by atoms with Gasteiger partial charge in [-0.1, -0.05) is 48.1 Å².